The smallest absolute Gasteiger partial charge is 0.200 e. The van der Waals surface area contributed by atoms with Gasteiger partial charge in [-0.1, -0.05) is 64.3 Å². The van der Waals surface area contributed by atoms with Gasteiger partial charge in [0, 0.05) is 23.5 Å². The topological polar surface area (TPSA) is 140 Å². The molecule has 9 nitrogen and oxygen atoms in total. The third kappa shape index (κ3) is 8.79. The molecule has 0 aromatic heterocycles. The maximum atomic E-state index is 14.7. The summed E-state index contributed by atoms with van der Waals surface area (Å²) in [5.74, 6) is 1.66. The first-order valence-corrected chi connectivity index (χ1v) is 22.4. The Morgan fingerprint density at radius 2 is 1.05 bits per heavy atom. The van der Waals surface area contributed by atoms with Gasteiger partial charge in [-0.05, 0) is 141 Å². The van der Waals surface area contributed by atoms with Crippen LogP contribution in [-0.4, -0.2) is 28.4 Å². The lowest BCUT2D eigenvalue weighted by Crippen LogP contribution is -2.24. The number of carbonyl (C=O) groups excluding carboxylic acids is 2. The van der Waals surface area contributed by atoms with E-state index in [2.05, 4.69) is 38.2 Å². The first-order chi connectivity index (χ1) is 29.6. The number of benzene rings is 5. The van der Waals surface area contributed by atoms with E-state index in [0.29, 0.717) is 41.4 Å². The Hall–Kier alpha value is -5.96. The number of fused-ring (bicyclic) bond motifs is 2. The van der Waals surface area contributed by atoms with Gasteiger partial charge < -0.3 is 35.5 Å². The summed E-state index contributed by atoms with van der Waals surface area (Å²) in [6.07, 6.45) is 13.9. The minimum absolute atomic E-state index is 0.0221. The van der Waals surface area contributed by atoms with E-state index in [1.54, 1.807) is 12.1 Å². The van der Waals surface area contributed by atoms with Crippen LogP contribution >= 0.6 is 0 Å². The quantitative estimate of drug-likeness (QED) is 0.0480. The highest BCUT2D eigenvalue weighted by atomic mass is 16.5. The summed E-state index contributed by atoms with van der Waals surface area (Å²) in [6, 6.07) is 25.8. The second kappa shape index (κ2) is 18.3. The van der Waals surface area contributed by atoms with E-state index < -0.39 is 23.1 Å². The number of unbranched alkanes of at least 4 members (excludes halogenated alkanes) is 1. The molecule has 0 atom stereocenters. The number of nitrogens with two attached hydrogens (primary N) is 1. The molecule has 0 saturated heterocycles. The molecule has 0 spiro atoms. The molecular weight excluding hydrogens is 765 g/mol. The Bertz CT molecular complexity index is 2360. The van der Waals surface area contributed by atoms with Crippen molar-refractivity contribution in [3.05, 3.63) is 118 Å². The second-order valence-corrected chi connectivity index (χ2v) is 17.2. The predicted molar refractivity (Wildman–Crippen MR) is 241 cm³/mol. The minimum atomic E-state index is -0.727. The van der Waals surface area contributed by atoms with Crippen LogP contribution < -0.4 is 25.3 Å². The van der Waals surface area contributed by atoms with E-state index in [9.17, 15) is 19.8 Å². The molecule has 0 radical (unpaired) electrons. The van der Waals surface area contributed by atoms with E-state index in [-0.39, 0.29) is 45.1 Å². The number of carbonyl (C=O) groups is 2. The number of nitrogen functional groups attached to an aromatic ring is 1. The Kier molecular flexibility index (Phi) is 12.6. The normalized spacial score (nSPS) is 19.8. The zero-order valence-electron chi connectivity index (χ0n) is 35.6. The van der Waals surface area contributed by atoms with Crippen LogP contribution in [0.1, 0.15) is 153 Å². The van der Waals surface area contributed by atoms with E-state index in [0.717, 1.165) is 50.4 Å². The molecule has 3 aliphatic rings. The van der Waals surface area contributed by atoms with Gasteiger partial charge in [-0.3, -0.25) is 9.59 Å². The standard InChI is InChI=1S/C52H58N2O7/c1-4-7-28-59-38-26-20-37(21-27-38)54-42-30-44(61-40-24-18-36(19-25-40)34-14-10-32(6-3)11-15-34)50(56)48-46(42)52(58)47-45(51(48)57)41(53)29-43(49(47)55)60-39-22-16-35(17-23-39)33-12-8-31(5-2)9-13-33/h16-27,29-34,54-56H,4-15,28,53H2,1-3H3. The molecule has 2 saturated carbocycles. The molecule has 0 bridgehead atoms. The van der Waals surface area contributed by atoms with Gasteiger partial charge in [-0.15, -0.1) is 0 Å². The fraction of sp³-hybridized carbons (Fsp3) is 0.385. The summed E-state index contributed by atoms with van der Waals surface area (Å²) in [5, 5.41) is 26.8. The summed E-state index contributed by atoms with van der Waals surface area (Å²) >= 11 is 0. The lowest BCUT2D eigenvalue weighted by Gasteiger charge is -2.28. The van der Waals surface area contributed by atoms with Crippen molar-refractivity contribution in [1.29, 1.82) is 0 Å². The van der Waals surface area contributed by atoms with Gasteiger partial charge in [-0.2, -0.15) is 0 Å². The Morgan fingerprint density at radius 1 is 0.590 bits per heavy atom. The first-order valence-electron chi connectivity index (χ1n) is 22.4. The summed E-state index contributed by atoms with van der Waals surface area (Å²) in [6.45, 7) is 7.22. The summed E-state index contributed by atoms with van der Waals surface area (Å²) < 4.78 is 18.3. The average Bonchev–Trinajstić information content (AvgIpc) is 3.29. The minimum Gasteiger partial charge on any atom is -0.504 e. The van der Waals surface area contributed by atoms with Crippen molar-refractivity contribution in [3.8, 4) is 40.2 Å². The van der Waals surface area contributed by atoms with E-state index in [1.165, 1.54) is 61.8 Å². The fourth-order valence-electron chi connectivity index (χ4n) is 9.54. The molecule has 0 amide bonds. The summed E-state index contributed by atoms with van der Waals surface area (Å²) in [7, 11) is 0. The van der Waals surface area contributed by atoms with Gasteiger partial charge in [0.1, 0.15) is 17.2 Å². The van der Waals surface area contributed by atoms with Gasteiger partial charge in [0.05, 0.1) is 34.5 Å². The molecule has 5 aromatic carbocycles. The van der Waals surface area contributed by atoms with E-state index >= 15 is 0 Å². The van der Waals surface area contributed by atoms with Crippen molar-refractivity contribution in [2.45, 2.75) is 110 Å². The van der Waals surface area contributed by atoms with Gasteiger partial charge in [0.2, 0.25) is 11.6 Å². The zero-order valence-corrected chi connectivity index (χ0v) is 35.6. The highest BCUT2D eigenvalue weighted by molar-refractivity contribution is 6.34. The van der Waals surface area contributed by atoms with E-state index in [1.807, 2.05) is 48.5 Å². The largest absolute Gasteiger partial charge is 0.504 e. The van der Waals surface area contributed by atoms with Crippen LogP contribution in [0, 0.1) is 11.8 Å². The number of ketones is 2. The molecular formula is C52H58N2O7. The molecule has 5 N–H and O–H groups in total. The van der Waals surface area contributed by atoms with Gasteiger partial charge in [0.15, 0.2) is 23.0 Å². The van der Waals surface area contributed by atoms with Crippen LogP contribution in [0.4, 0.5) is 17.1 Å². The van der Waals surface area contributed by atoms with Gasteiger partial charge in [-0.25, -0.2) is 0 Å². The first kappa shape index (κ1) is 41.8. The number of anilines is 3. The predicted octanol–water partition coefficient (Wildman–Crippen LogP) is 13.3. The lowest BCUT2D eigenvalue weighted by molar-refractivity contribution is 0.0974. The number of phenolic OH excluding ortho intramolecular Hbond substituents is 2. The molecule has 5 aromatic rings. The molecule has 0 unspecified atom stereocenters. The zero-order chi connectivity index (χ0) is 42.6. The van der Waals surface area contributed by atoms with Crippen LogP contribution in [-0.2, 0) is 0 Å². The molecule has 2 fully saturated rings. The molecule has 3 aliphatic carbocycles. The van der Waals surface area contributed by atoms with Crippen molar-refractivity contribution in [2.75, 3.05) is 17.7 Å². The van der Waals surface area contributed by atoms with Crippen LogP contribution in [0.25, 0.3) is 0 Å². The number of nitrogens with one attached hydrogen (secondary N) is 1. The molecule has 0 aliphatic heterocycles. The molecule has 61 heavy (non-hydrogen) atoms. The maximum absolute atomic E-state index is 14.7. The summed E-state index contributed by atoms with van der Waals surface area (Å²) in [5.41, 5.74) is 8.84. The molecule has 0 heterocycles. The number of rotatable bonds is 14. The van der Waals surface area contributed by atoms with Crippen molar-refractivity contribution in [2.24, 2.45) is 11.8 Å². The highest BCUT2D eigenvalue weighted by Gasteiger charge is 2.40. The van der Waals surface area contributed by atoms with Gasteiger partial charge >= 0.3 is 0 Å². The van der Waals surface area contributed by atoms with Crippen molar-refractivity contribution in [1.82, 2.24) is 0 Å². The molecule has 318 valence electrons. The Balaban J connectivity index is 1.11. The number of phenols is 2. The van der Waals surface area contributed by atoms with Crippen LogP contribution in [0.5, 0.6) is 40.2 Å². The fourth-order valence-corrected chi connectivity index (χ4v) is 9.54. The van der Waals surface area contributed by atoms with E-state index in [4.69, 9.17) is 19.9 Å². The Labute approximate surface area is 359 Å². The number of hydrogen-bond donors (Lipinski definition) is 4. The third-order valence-corrected chi connectivity index (χ3v) is 13.4. The molecule has 9 heteroatoms. The van der Waals surface area contributed by atoms with Crippen molar-refractivity contribution >= 4 is 28.6 Å². The van der Waals surface area contributed by atoms with Crippen molar-refractivity contribution < 1.29 is 34.0 Å². The maximum Gasteiger partial charge on any atom is 0.200 e. The Morgan fingerprint density at radius 3 is 1.54 bits per heavy atom. The number of hydrogen-bond acceptors (Lipinski definition) is 9. The monoisotopic (exact) mass is 822 g/mol. The van der Waals surface area contributed by atoms with Gasteiger partial charge in [0.25, 0.3) is 0 Å². The molecule has 8 rings (SSSR count). The van der Waals surface area contributed by atoms with Crippen LogP contribution in [0.3, 0.4) is 0 Å². The van der Waals surface area contributed by atoms with Crippen molar-refractivity contribution in [3.63, 3.8) is 0 Å². The number of aromatic hydroxyl groups is 2. The highest BCUT2D eigenvalue weighted by Crippen LogP contribution is 2.50. The average molecular weight is 823 g/mol. The lowest BCUT2D eigenvalue weighted by atomic mass is 9.78. The SMILES string of the molecule is CCCCOc1ccc(Nc2cc(Oc3ccc(C4CCC(CC)CC4)cc3)c(O)c3c2C(=O)c2c(O)c(Oc4ccc(C5CCC(CC)CC5)cc4)cc(N)c2C3=O)cc1. The van der Waals surface area contributed by atoms with Crippen LogP contribution in [0.15, 0.2) is 84.9 Å². The summed E-state index contributed by atoms with van der Waals surface area (Å²) in [4.78, 5) is 29.3. The second-order valence-electron chi connectivity index (χ2n) is 17.2. The number of ether oxygens (including phenoxy) is 3. The third-order valence-electron chi connectivity index (χ3n) is 13.4. The van der Waals surface area contributed by atoms with Crippen LogP contribution in [0.2, 0.25) is 0 Å².